The third-order valence-electron chi connectivity index (χ3n) is 1.72. The Labute approximate surface area is 87.8 Å². The Morgan fingerprint density at radius 1 is 1.53 bits per heavy atom. The van der Waals surface area contributed by atoms with E-state index in [1.54, 1.807) is 6.07 Å². The topological polar surface area (TPSA) is 84.6 Å². The van der Waals surface area contributed by atoms with Gasteiger partial charge in [0.1, 0.15) is 11.5 Å². The van der Waals surface area contributed by atoms with Crippen molar-refractivity contribution in [2.75, 3.05) is 0 Å². The minimum Gasteiger partial charge on any atom is -0.507 e. The molecule has 1 rings (SSSR count). The van der Waals surface area contributed by atoms with Gasteiger partial charge in [-0.3, -0.25) is 10.2 Å². The van der Waals surface area contributed by atoms with E-state index in [0.29, 0.717) is 5.75 Å². The number of ether oxygens (including phenoxy) is 1. The largest absolute Gasteiger partial charge is 0.507 e. The fourth-order valence-electron chi connectivity index (χ4n) is 1.13. The van der Waals surface area contributed by atoms with E-state index < -0.39 is 5.91 Å². The minimum absolute atomic E-state index is 0.0126. The first-order chi connectivity index (χ1) is 7.04. The highest BCUT2D eigenvalue weighted by Gasteiger charge is 2.10. The van der Waals surface area contributed by atoms with E-state index in [4.69, 9.17) is 10.6 Å². The molecule has 0 aliphatic rings. The highest BCUT2D eigenvalue weighted by atomic mass is 16.5. The molecule has 0 saturated heterocycles. The Kier molecular flexibility index (Phi) is 3.51. The summed E-state index contributed by atoms with van der Waals surface area (Å²) in [5, 5.41) is 9.51. The molecular weight excluding hydrogens is 196 g/mol. The number of phenolic OH excluding ortho intramolecular Hbond substituents is 1. The molecule has 0 heterocycles. The number of rotatable bonds is 3. The van der Waals surface area contributed by atoms with Crippen LogP contribution in [0, 0.1) is 0 Å². The summed E-state index contributed by atoms with van der Waals surface area (Å²) in [6.45, 7) is 3.75. The predicted octanol–water partition coefficient (Wildman–Crippen LogP) is 0.783. The summed E-state index contributed by atoms with van der Waals surface area (Å²) in [6.07, 6.45) is 0.0126. The predicted molar refractivity (Wildman–Crippen MR) is 55.5 cm³/mol. The Hall–Kier alpha value is -1.75. The van der Waals surface area contributed by atoms with E-state index in [1.165, 1.54) is 12.1 Å². The fraction of sp³-hybridized carbons (Fsp3) is 0.300. The van der Waals surface area contributed by atoms with Crippen molar-refractivity contribution in [2.45, 2.75) is 20.0 Å². The van der Waals surface area contributed by atoms with Crippen LogP contribution in [0.4, 0.5) is 0 Å². The van der Waals surface area contributed by atoms with Crippen molar-refractivity contribution in [3.63, 3.8) is 0 Å². The maximum Gasteiger partial charge on any atom is 0.268 e. The lowest BCUT2D eigenvalue weighted by molar-refractivity contribution is 0.0951. The van der Waals surface area contributed by atoms with E-state index in [-0.39, 0.29) is 17.4 Å². The SMILES string of the molecule is CC(C)Oc1ccc(C(=O)NN)c(O)c1. The molecule has 15 heavy (non-hydrogen) atoms. The molecular formula is C10H14N2O3. The molecule has 0 aliphatic carbocycles. The van der Waals surface area contributed by atoms with Crippen molar-refractivity contribution in [1.29, 1.82) is 0 Å². The molecule has 5 heteroatoms. The summed E-state index contributed by atoms with van der Waals surface area (Å²) in [5.74, 6) is 4.77. The Morgan fingerprint density at radius 3 is 2.67 bits per heavy atom. The number of carbonyl (C=O) groups excluding carboxylic acids is 1. The summed E-state index contributed by atoms with van der Waals surface area (Å²) >= 11 is 0. The van der Waals surface area contributed by atoms with Gasteiger partial charge in [0.05, 0.1) is 11.7 Å². The number of hydrogen-bond acceptors (Lipinski definition) is 4. The van der Waals surface area contributed by atoms with Crippen LogP contribution in [0.2, 0.25) is 0 Å². The molecule has 1 amide bonds. The minimum atomic E-state index is -0.538. The number of nitrogen functional groups attached to an aromatic ring is 1. The monoisotopic (exact) mass is 210 g/mol. The number of aromatic hydroxyl groups is 1. The zero-order chi connectivity index (χ0) is 11.4. The van der Waals surface area contributed by atoms with Crippen LogP contribution < -0.4 is 16.0 Å². The molecule has 0 spiro atoms. The first-order valence-electron chi connectivity index (χ1n) is 4.55. The normalized spacial score (nSPS) is 10.1. The molecule has 0 atom stereocenters. The Bertz CT molecular complexity index is 364. The summed E-state index contributed by atoms with van der Waals surface area (Å²) < 4.78 is 5.34. The number of hydrazine groups is 1. The lowest BCUT2D eigenvalue weighted by Crippen LogP contribution is -2.30. The van der Waals surface area contributed by atoms with Crippen LogP contribution in [0.3, 0.4) is 0 Å². The average Bonchev–Trinajstić information content (AvgIpc) is 2.16. The van der Waals surface area contributed by atoms with Gasteiger partial charge in [0.2, 0.25) is 0 Å². The summed E-state index contributed by atoms with van der Waals surface area (Å²) in [6, 6.07) is 4.43. The van der Waals surface area contributed by atoms with Gasteiger partial charge in [-0.15, -0.1) is 0 Å². The molecule has 5 nitrogen and oxygen atoms in total. The molecule has 0 radical (unpaired) electrons. The summed E-state index contributed by atoms with van der Waals surface area (Å²) in [5.41, 5.74) is 2.06. The van der Waals surface area contributed by atoms with E-state index >= 15 is 0 Å². The van der Waals surface area contributed by atoms with Crippen LogP contribution in [0.5, 0.6) is 11.5 Å². The number of hydrogen-bond donors (Lipinski definition) is 3. The number of phenols is 1. The third kappa shape index (κ3) is 2.85. The number of nitrogens with one attached hydrogen (secondary N) is 1. The van der Waals surface area contributed by atoms with Crippen molar-refractivity contribution in [1.82, 2.24) is 5.43 Å². The zero-order valence-corrected chi connectivity index (χ0v) is 8.65. The number of amides is 1. The molecule has 0 aromatic heterocycles. The van der Waals surface area contributed by atoms with Gasteiger partial charge >= 0.3 is 0 Å². The van der Waals surface area contributed by atoms with Crippen molar-refractivity contribution >= 4 is 5.91 Å². The summed E-state index contributed by atoms with van der Waals surface area (Å²) in [7, 11) is 0. The van der Waals surface area contributed by atoms with Gasteiger partial charge in [0.25, 0.3) is 5.91 Å². The molecule has 1 aromatic rings. The molecule has 0 fully saturated rings. The van der Waals surface area contributed by atoms with Crippen LogP contribution in [0.1, 0.15) is 24.2 Å². The van der Waals surface area contributed by atoms with Crippen LogP contribution in [0.15, 0.2) is 18.2 Å². The Morgan fingerprint density at radius 2 is 2.20 bits per heavy atom. The third-order valence-corrected chi connectivity index (χ3v) is 1.72. The fourth-order valence-corrected chi connectivity index (χ4v) is 1.13. The lowest BCUT2D eigenvalue weighted by atomic mass is 10.2. The molecule has 0 unspecified atom stereocenters. The van der Waals surface area contributed by atoms with Crippen molar-refractivity contribution in [2.24, 2.45) is 5.84 Å². The van der Waals surface area contributed by atoms with E-state index in [0.717, 1.165) is 0 Å². The van der Waals surface area contributed by atoms with Crippen LogP contribution in [-0.4, -0.2) is 17.1 Å². The number of carbonyl (C=O) groups is 1. The highest BCUT2D eigenvalue weighted by molar-refractivity contribution is 5.96. The van der Waals surface area contributed by atoms with Gasteiger partial charge in [0, 0.05) is 6.07 Å². The molecule has 0 aliphatic heterocycles. The quantitative estimate of drug-likeness (QED) is 0.391. The second-order valence-corrected chi connectivity index (χ2v) is 3.32. The van der Waals surface area contributed by atoms with Crippen LogP contribution >= 0.6 is 0 Å². The van der Waals surface area contributed by atoms with Gasteiger partial charge in [-0.1, -0.05) is 0 Å². The van der Waals surface area contributed by atoms with Crippen molar-refractivity contribution < 1.29 is 14.6 Å². The van der Waals surface area contributed by atoms with Gasteiger partial charge in [0.15, 0.2) is 0 Å². The van der Waals surface area contributed by atoms with Crippen LogP contribution in [0.25, 0.3) is 0 Å². The second kappa shape index (κ2) is 4.65. The highest BCUT2D eigenvalue weighted by Crippen LogP contribution is 2.24. The first kappa shape index (κ1) is 11.3. The lowest BCUT2D eigenvalue weighted by Gasteiger charge is -2.10. The van der Waals surface area contributed by atoms with E-state index in [2.05, 4.69) is 0 Å². The number of nitrogens with two attached hydrogens (primary N) is 1. The Balaban J connectivity index is 2.93. The van der Waals surface area contributed by atoms with E-state index in [1.807, 2.05) is 19.3 Å². The molecule has 0 bridgehead atoms. The molecule has 1 aromatic carbocycles. The maximum absolute atomic E-state index is 11.1. The van der Waals surface area contributed by atoms with Crippen molar-refractivity contribution in [3.8, 4) is 11.5 Å². The molecule has 82 valence electrons. The molecule has 4 N–H and O–H groups in total. The van der Waals surface area contributed by atoms with Crippen LogP contribution in [-0.2, 0) is 0 Å². The standard InChI is InChI=1S/C10H14N2O3/c1-6(2)15-7-3-4-8(9(13)5-7)10(14)12-11/h3-6,13H,11H2,1-2H3,(H,12,14). The second-order valence-electron chi connectivity index (χ2n) is 3.32. The first-order valence-corrected chi connectivity index (χ1v) is 4.55. The van der Waals surface area contributed by atoms with Gasteiger partial charge < -0.3 is 9.84 Å². The van der Waals surface area contributed by atoms with Gasteiger partial charge in [-0.25, -0.2) is 5.84 Å². The average molecular weight is 210 g/mol. The van der Waals surface area contributed by atoms with Crippen molar-refractivity contribution in [3.05, 3.63) is 23.8 Å². The smallest absolute Gasteiger partial charge is 0.268 e. The summed E-state index contributed by atoms with van der Waals surface area (Å²) in [4.78, 5) is 11.1. The van der Waals surface area contributed by atoms with E-state index in [9.17, 15) is 9.90 Å². The number of benzene rings is 1. The zero-order valence-electron chi connectivity index (χ0n) is 8.65. The van der Waals surface area contributed by atoms with Gasteiger partial charge in [-0.2, -0.15) is 0 Å². The maximum atomic E-state index is 11.1. The van der Waals surface area contributed by atoms with Gasteiger partial charge in [-0.05, 0) is 26.0 Å². The molecule has 0 saturated carbocycles.